The Morgan fingerprint density at radius 3 is 2.52 bits per heavy atom. The predicted octanol–water partition coefficient (Wildman–Crippen LogP) is -0.155. The minimum Gasteiger partial charge on any atom is -0.347 e. The van der Waals surface area contributed by atoms with Crippen LogP contribution in [0.3, 0.4) is 0 Å². The zero-order chi connectivity index (χ0) is 19.9. The van der Waals surface area contributed by atoms with Crippen molar-refractivity contribution in [3.8, 4) is 0 Å². The summed E-state index contributed by atoms with van der Waals surface area (Å²) in [7, 11) is 4.95. The van der Waals surface area contributed by atoms with Crippen molar-refractivity contribution in [2.45, 2.75) is 25.8 Å². The molecule has 8 heteroatoms. The van der Waals surface area contributed by atoms with Gasteiger partial charge < -0.3 is 19.3 Å². The largest absolute Gasteiger partial charge is 0.347 e. The van der Waals surface area contributed by atoms with E-state index in [-0.39, 0.29) is 53.9 Å². The van der Waals surface area contributed by atoms with Crippen LogP contribution in [0.15, 0.2) is 16.9 Å². The number of nitrogens with zero attached hydrogens (tertiary/aromatic N) is 4. The number of carbonyl (C=O) groups is 3. The zero-order valence-corrected chi connectivity index (χ0v) is 16.3. The maximum atomic E-state index is 13.0. The molecule has 3 amide bonds. The van der Waals surface area contributed by atoms with E-state index in [0.29, 0.717) is 13.0 Å². The molecule has 27 heavy (non-hydrogen) atoms. The molecule has 3 aliphatic heterocycles. The highest BCUT2D eigenvalue weighted by Crippen LogP contribution is 2.29. The molecule has 146 valence electrons. The summed E-state index contributed by atoms with van der Waals surface area (Å²) in [5.41, 5.74) is 0.561. The fraction of sp³-hybridized carbons (Fsp3) is 0.579. The topological polar surface area (TPSA) is 82.9 Å². The van der Waals surface area contributed by atoms with Crippen molar-refractivity contribution in [2.75, 3.05) is 33.7 Å². The summed E-state index contributed by atoms with van der Waals surface area (Å²) in [5, 5.41) is 0. The summed E-state index contributed by atoms with van der Waals surface area (Å²) in [5.74, 6) is -0.882. The van der Waals surface area contributed by atoms with E-state index in [1.54, 1.807) is 50.0 Å². The van der Waals surface area contributed by atoms with E-state index in [0.717, 1.165) is 12.1 Å². The molecule has 0 spiro atoms. The van der Waals surface area contributed by atoms with Crippen molar-refractivity contribution in [3.63, 3.8) is 0 Å². The molecule has 4 heterocycles. The molecule has 0 aromatic carbocycles. The first-order valence-electron chi connectivity index (χ1n) is 9.17. The van der Waals surface area contributed by atoms with Gasteiger partial charge in [0, 0.05) is 46.0 Å². The Labute approximate surface area is 158 Å². The van der Waals surface area contributed by atoms with Gasteiger partial charge in [-0.25, -0.2) is 0 Å². The normalized spacial score (nSPS) is 22.0. The molecule has 1 aromatic heterocycles. The Morgan fingerprint density at radius 2 is 1.85 bits per heavy atom. The van der Waals surface area contributed by atoms with Gasteiger partial charge in [0.05, 0.1) is 5.92 Å². The van der Waals surface area contributed by atoms with E-state index in [4.69, 9.17) is 0 Å². The summed E-state index contributed by atoms with van der Waals surface area (Å²) >= 11 is 0. The number of hydrogen-bond acceptors (Lipinski definition) is 4. The average Bonchev–Trinajstić information content (AvgIpc) is 2.92. The van der Waals surface area contributed by atoms with E-state index in [9.17, 15) is 19.2 Å². The molecule has 3 fully saturated rings. The van der Waals surface area contributed by atoms with E-state index in [1.165, 1.54) is 9.47 Å². The lowest BCUT2D eigenvalue weighted by atomic mass is 9.94. The lowest BCUT2D eigenvalue weighted by molar-refractivity contribution is -0.145. The molecular formula is C19H26N4O4. The average molecular weight is 374 g/mol. The van der Waals surface area contributed by atoms with Crippen LogP contribution < -0.4 is 5.56 Å². The van der Waals surface area contributed by atoms with Crippen LogP contribution in [0.25, 0.3) is 0 Å². The maximum absolute atomic E-state index is 13.0. The van der Waals surface area contributed by atoms with Crippen molar-refractivity contribution >= 4 is 17.7 Å². The van der Waals surface area contributed by atoms with Crippen molar-refractivity contribution in [2.24, 2.45) is 13.0 Å². The molecule has 0 radical (unpaired) electrons. The van der Waals surface area contributed by atoms with Crippen LogP contribution in [0.5, 0.6) is 0 Å². The third-order valence-corrected chi connectivity index (χ3v) is 5.67. The van der Waals surface area contributed by atoms with E-state index < -0.39 is 0 Å². The van der Waals surface area contributed by atoms with Gasteiger partial charge in [-0.3, -0.25) is 19.2 Å². The second-order valence-corrected chi connectivity index (χ2v) is 7.65. The first kappa shape index (κ1) is 19.1. The Bertz CT molecular complexity index is 845. The zero-order valence-electron chi connectivity index (χ0n) is 16.3. The highest BCUT2D eigenvalue weighted by molar-refractivity contribution is 5.95. The smallest absolute Gasteiger partial charge is 0.263 e. The highest BCUT2D eigenvalue weighted by Gasteiger charge is 2.43. The lowest BCUT2D eigenvalue weighted by Crippen LogP contribution is -2.51. The molecule has 3 aliphatic rings. The minimum atomic E-state index is -0.346. The fourth-order valence-corrected chi connectivity index (χ4v) is 3.76. The van der Waals surface area contributed by atoms with Gasteiger partial charge in [-0.15, -0.1) is 0 Å². The summed E-state index contributed by atoms with van der Waals surface area (Å²) in [6, 6.07) is 3.11. The van der Waals surface area contributed by atoms with Crippen molar-refractivity contribution in [3.05, 3.63) is 33.7 Å². The molecule has 2 atom stereocenters. The number of aromatic nitrogens is 1. The second kappa shape index (κ2) is 7.17. The van der Waals surface area contributed by atoms with Gasteiger partial charge in [0.15, 0.2) is 0 Å². The van der Waals surface area contributed by atoms with Crippen molar-refractivity contribution < 1.29 is 14.4 Å². The molecule has 4 rings (SSSR count). The van der Waals surface area contributed by atoms with Gasteiger partial charge in [-0.05, 0) is 31.9 Å². The molecule has 3 saturated heterocycles. The first-order chi connectivity index (χ1) is 12.7. The van der Waals surface area contributed by atoms with Crippen molar-refractivity contribution in [1.82, 2.24) is 19.3 Å². The van der Waals surface area contributed by atoms with Crippen LogP contribution in [0.4, 0.5) is 0 Å². The van der Waals surface area contributed by atoms with E-state index >= 15 is 0 Å². The Balaban J connectivity index is 1.85. The molecule has 2 bridgehead atoms. The van der Waals surface area contributed by atoms with E-state index in [2.05, 4.69) is 0 Å². The lowest BCUT2D eigenvalue weighted by Gasteiger charge is -2.35. The summed E-state index contributed by atoms with van der Waals surface area (Å²) in [6.45, 7) is 2.47. The van der Waals surface area contributed by atoms with Crippen LogP contribution in [0.2, 0.25) is 0 Å². The third kappa shape index (κ3) is 3.48. The van der Waals surface area contributed by atoms with Crippen LogP contribution >= 0.6 is 0 Å². The quantitative estimate of drug-likeness (QED) is 0.736. The van der Waals surface area contributed by atoms with Gasteiger partial charge in [0.2, 0.25) is 11.8 Å². The van der Waals surface area contributed by atoms with Crippen LogP contribution in [-0.4, -0.2) is 76.8 Å². The van der Waals surface area contributed by atoms with Gasteiger partial charge >= 0.3 is 0 Å². The number of piperidine rings is 1. The second-order valence-electron chi connectivity index (χ2n) is 7.65. The van der Waals surface area contributed by atoms with E-state index in [1.807, 2.05) is 0 Å². The Hall–Kier alpha value is -2.64. The molecule has 0 unspecified atom stereocenters. The number of aryl methyl sites for hydroxylation is 1. The molecule has 8 nitrogen and oxygen atoms in total. The number of carbonyl (C=O) groups excluding carboxylic acids is 3. The molecule has 0 saturated carbocycles. The SMILES string of the molecule is Cc1ccc(C(=O)N2C[C@@H]3CC[C@H](C2)N(CC(=O)N(C)C)C3=O)c(=O)n1C. The minimum absolute atomic E-state index is 0.0291. The van der Waals surface area contributed by atoms with Gasteiger partial charge in [0.1, 0.15) is 12.1 Å². The monoisotopic (exact) mass is 374 g/mol. The van der Waals surface area contributed by atoms with Crippen molar-refractivity contribution in [1.29, 1.82) is 0 Å². The van der Waals surface area contributed by atoms with Crippen LogP contribution in [0.1, 0.15) is 28.9 Å². The number of likely N-dealkylation sites (N-methyl/N-ethyl adjacent to an activating group) is 1. The highest BCUT2D eigenvalue weighted by atomic mass is 16.2. The number of fused-ring (bicyclic) bond motifs is 4. The summed E-state index contributed by atoms with van der Waals surface area (Å²) in [6.07, 6.45) is 1.46. The first-order valence-corrected chi connectivity index (χ1v) is 9.17. The summed E-state index contributed by atoms with van der Waals surface area (Å²) in [4.78, 5) is 55.0. The Morgan fingerprint density at radius 1 is 1.15 bits per heavy atom. The summed E-state index contributed by atoms with van der Waals surface area (Å²) < 4.78 is 1.45. The molecular weight excluding hydrogens is 348 g/mol. The standard InChI is InChI=1S/C19H26N4O4/c1-12-5-8-15(18(26)21(12)4)19(27)22-9-13-6-7-14(10-22)23(17(13)25)11-16(24)20(2)3/h5,8,13-14H,6-7,9-11H2,1-4H3/t13-,14+/m0/s1. The number of amides is 3. The van der Waals surface area contributed by atoms with Crippen LogP contribution in [0, 0.1) is 12.8 Å². The molecule has 1 aromatic rings. The third-order valence-electron chi connectivity index (χ3n) is 5.67. The predicted molar refractivity (Wildman–Crippen MR) is 99.2 cm³/mol. The molecule has 0 N–H and O–H groups in total. The fourth-order valence-electron chi connectivity index (χ4n) is 3.76. The van der Waals surface area contributed by atoms with Gasteiger partial charge in [0.25, 0.3) is 11.5 Å². The number of pyridine rings is 1. The maximum Gasteiger partial charge on any atom is 0.263 e. The number of rotatable bonds is 3. The number of hydrogen-bond donors (Lipinski definition) is 0. The van der Waals surface area contributed by atoms with Crippen LogP contribution in [-0.2, 0) is 16.6 Å². The molecule has 0 aliphatic carbocycles. The van der Waals surface area contributed by atoms with Gasteiger partial charge in [-0.1, -0.05) is 0 Å². The Kier molecular flexibility index (Phi) is 5.08. The van der Waals surface area contributed by atoms with Gasteiger partial charge in [-0.2, -0.15) is 0 Å².